The highest BCUT2D eigenvalue weighted by molar-refractivity contribution is 5.84. The molecule has 0 saturated carbocycles. The van der Waals surface area contributed by atoms with E-state index in [1.165, 1.54) is 7.11 Å². The van der Waals surface area contributed by atoms with Crippen LogP contribution in [0.25, 0.3) is 16.9 Å². The summed E-state index contributed by atoms with van der Waals surface area (Å²) < 4.78 is 8.69. The molecule has 0 aliphatic rings. The number of carbonyl (C=O) groups is 1. The highest BCUT2D eigenvalue weighted by Crippen LogP contribution is 2.19. The Morgan fingerprint density at radius 2 is 1.86 bits per heavy atom. The number of benzene rings is 1. The standard InChI is InChI=1S/C16H15N3O2.ClH/c1-18-14(12-6-4-3-5-7-12)11-19-10-13(8-9-15(18)19)17-16(20)21-2;/h3-11H,1-2H3;1H. The van der Waals surface area contributed by atoms with E-state index >= 15 is 0 Å². The second kappa shape index (κ2) is 6.49. The number of hydrogen-bond donors (Lipinski definition) is 1. The molecular weight excluding hydrogens is 302 g/mol. The van der Waals surface area contributed by atoms with E-state index in [2.05, 4.69) is 26.8 Å². The number of halogens is 1. The van der Waals surface area contributed by atoms with Crippen molar-refractivity contribution < 1.29 is 26.3 Å². The van der Waals surface area contributed by atoms with Crippen LogP contribution >= 0.6 is 0 Å². The van der Waals surface area contributed by atoms with Crippen molar-refractivity contribution in [1.82, 2.24) is 4.57 Å². The molecule has 0 spiro atoms. The highest BCUT2D eigenvalue weighted by Gasteiger charge is 2.16. The molecule has 0 radical (unpaired) electrons. The van der Waals surface area contributed by atoms with Gasteiger partial charge < -0.3 is 17.1 Å². The molecule has 1 N–H and O–H groups in total. The molecule has 0 saturated heterocycles. The average molecular weight is 318 g/mol. The third-order valence-electron chi connectivity index (χ3n) is 3.42. The molecule has 3 rings (SSSR count). The van der Waals surface area contributed by atoms with E-state index in [0.717, 1.165) is 16.9 Å². The molecule has 0 bridgehead atoms. The van der Waals surface area contributed by atoms with Gasteiger partial charge in [0.2, 0.25) is 0 Å². The van der Waals surface area contributed by atoms with Crippen molar-refractivity contribution in [3.05, 3.63) is 54.9 Å². The highest BCUT2D eigenvalue weighted by atomic mass is 35.5. The Morgan fingerprint density at radius 1 is 1.14 bits per heavy atom. The molecule has 0 fully saturated rings. The molecule has 22 heavy (non-hydrogen) atoms. The number of hydrogen-bond acceptors (Lipinski definition) is 2. The number of aromatic nitrogens is 2. The fourth-order valence-electron chi connectivity index (χ4n) is 2.36. The van der Waals surface area contributed by atoms with Crippen molar-refractivity contribution in [2.45, 2.75) is 0 Å². The molecule has 0 aliphatic carbocycles. The van der Waals surface area contributed by atoms with Crippen LogP contribution in [-0.2, 0) is 11.8 Å². The molecule has 114 valence electrons. The van der Waals surface area contributed by atoms with E-state index in [4.69, 9.17) is 0 Å². The first-order chi connectivity index (χ1) is 10.2. The number of rotatable bonds is 2. The molecule has 0 atom stereocenters. The van der Waals surface area contributed by atoms with Gasteiger partial charge in [-0.2, -0.15) is 0 Å². The van der Waals surface area contributed by atoms with Gasteiger partial charge in [-0.3, -0.25) is 5.32 Å². The van der Waals surface area contributed by atoms with Crippen LogP contribution in [0.4, 0.5) is 10.5 Å². The van der Waals surface area contributed by atoms with E-state index in [9.17, 15) is 4.79 Å². The summed E-state index contributed by atoms with van der Waals surface area (Å²) in [6, 6.07) is 14.0. The topological polar surface area (TPSA) is 47.4 Å². The Morgan fingerprint density at radius 3 is 2.55 bits per heavy atom. The zero-order valence-electron chi connectivity index (χ0n) is 12.3. The van der Waals surface area contributed by atoms with Gasteiger partial charge in [0.15, 0.2) is 5.69 Å². The quantitative estimate of drug-likeness (QED) is 0.655. The number of imidazole rings is 1. The summed E-state index contributed by atoms with van der Waals surface area (Å²) in [5.74, 6) is 0. The Bertz CT molecular complexity index is 800. The van der Waals surface area contributed by atoms with Gasteiger partial charge in [-0.1, -0.05) is 30.3 Å². The number of carbonyl (C=O) groups excluding carboxylic acids is 1. The Balaban J connectivity index is 0.00000176. The first-order valence-electron chi connectivity index (χ1n) is 6.60. The predicted octanol–water partition coefficient (Wildman–Crippen LogP) is -0.387. The number of nitrogens with one attached hydrogen (secondary N) is 1. The van der Waals surface area contributed by atoms with Crippen molar-refractivity contribution in [2.75, 3.05) is 12.4 Å². The van der Waals surface area contributed by atoms with Crippen LogP contribution in [0.5, 0.6) is 0 Å². The summed E-state index contributed by atoms with van der Waals surface area (Å²) in [4.78, 5) is 11.3. The lowest BCUT2D eigenvalue weighted by Crippen LogP contribution is -3.00. The van der Waals surface area contributed by atoms with Crippen LogP contribution < -0.4 is 22.1 Å². The fraction of sp³-hybridized carbons (Fsp3) is 0.125. The van der Waals surface area contributed by atoms with Crippen LogP contribution in [0, 0.1) is 0 Å². The van der Waals surface area contributed by atoms with Gasteiger partial charge in [0.25, 0.3) is 5.65 Å². The van der Waals surface area contributed by atoms with Crippen LogP contribution in [0.3, 0.4) is 0 Å². The van der Waals surface area contributed by atoms with E-state index in [1.807, 2.05) is 54.2 Å². The Hall–Kier alpha value is -2.53. The largest absolute Gasteiger partial charge is 1.00 e. The average Bonchev–Trinajstić information content (AvgIpc) is 2.84. The van der Waals surface area contributed by atoms with E-state index in [1.54, 1.807) is 0 Å². The van der Waals surface area contributed by atoms with Crippen molar-refractivity contribution in [3.8, 4) is 11.3 Å². The molecule has 1 aromatic carbocycles. The molecule has 5 nitrogen and oxygen atoms in total. The minimum atomic E-state index is -0.478. The number of anilines is 1. The van der Waals surface area contributed by atoms with Gasteiger partial charge in [-0.05, 0) is 6.07 Å². The number of pyridine rings is 1. The SMILES string of the molecule is COC(=O)Nc1ccc2n(C)c(-c3ccccc3)c[n+]2c1.[Cl-]. The van der Waals surface area contributed by atoms with E-state index in [0.29, 0.717) is 5.69 Å². The summed E-state index contributed by atoms with van der Waals surface area (Å²) in [6.07, 6.45) is 3.42. The second-order valence-corrected chi connectivity index (χ2v) is 4.74. The van der Waals surface area contributed by atoms with E-state index in [-0.39, 0.29) is 12.4 Å². The maximum atomic E-state index is 11.3. The van der Waals surface area contributed by atoms with Crippen LogP contribution in [0.15, 0.2) is 54.9 Å². The smallest absolute Gasteiger partial charge is 0.411 e. The van der Waals surface area contributed by atoms with Crippen molar-refractivity contribution >= 4 is 17.4 Å². The zero-order chi connectivity index (χ0) is 14.8. The summed E-state index contributed by atoms with van der Waals surface area (Å²) in [6.45, 7) is 0. The molecule has 2 heterocycles. The zero-order valence-corrected chi connectivity index (χ0v) is 13.0. The van der Waals surface area contributed by atoms with Gasteiger partial charge in [-0.15, -0.1) is 0 Å². The monoisotopic (exact) mass is 317 g/mol. The lowest BCUT2D eigenvalue weighted by Gasteiger charge is -2.01. The molecule has 0 unspecified atom stereocenters. The second-order valence-electron chi connectivity index (χ2n) is 4.74. The molecule has 1 amide bonds. The number of aryl methyl sites for hydroxylation is 1. The Labute approximate surface area is 134 Å². The third kappa shape index (κ3) is 2.89. The van der Waals surface area contributed by atoms with Gasteiger partial charge in [-0.25, -0.2) is 13.8 Å². The van der Waals surface area contributed by atoms with Gasteiger partial charge >= 0.3 is 6.09 Å². The van der Waals surface area contributed by atoms with Crippen molar-refractivity contribution in [3.63, 3.8) is 0 Å². The lowest BCUT2D eigenvalue weighted by molar-refractivity contribution is -0.509. The van der Waals surface area contributed by atoms with Gasteiger partial charge in [0, 0.05) is 11.6 Å². The summed E-state index contributed by atoms with van der Waals surface area (Å²) in [5.41, 5.74) is 3.96. The molecule has 2 aromatic heterocycles. The molecule has 0 aliphatic heterocycles. The number of ether oxygens (including phenoxy) is 1. The van der Waals surface area contributed by atoms with Gasteiger partial charge in [0.05, 0.1) is 19.8 Å². The van der Waals surface area contributed by atoms with Crippen LogP contribution in [-0.4, -0.2) is 17.8 Å². The molecule has 6 heteroatoms. The number of fused-ring (bicyclic) bond motifs is 1. The first kappa shape index (κ1) is 15.9. The van der Waals surface area contributed by atoms with Gasteiger partial charge in [0.1, 0.15) is 12.4 Å². The maximum Gasteiger partial charge on any atom is 0.411 e. The van der Waals surface area contributed by atoms with Crippen LogP contribution in [0.1, 0.15) is 0 Å². The lowest BCUT2D eigenvalue weighted by atomic mass is 10.2. The first-order valence-corrected chi connectivity index (χ1v) is 6.60. The minimum absolute atomic E-state index is 0. The number of amides is 1. The third-order valence-corrected chi connectivity index (χ3v) is 3.42. The summed E-state index contributed by atoms with van der Waals surface area (Å²) >= 11 is 0. The molecular formula is C16H16ClN3O2. The fourth-order valence-corrected chi connectivity index (χ4v) is 2.36. The normalized spacial score (nSPS) is 10.1. The summed E-state index contributed by atoms with van der Waals surface area (Å²) in [5, 5.41) is 2.66. The summed E-state index contributed by atoms with van der Waals surface area (Å²) in [7, 11) is 3.36. The number of nitrogens with zero attached hydrogens (tertiary/aromatic N) is 2. The Kier molecular flexibility index (Phi) is 4.68. The van der Waals surface area contributed by atoms with E-state index < -0.39 is 6.09 Å². The van der Waals surface area contributed by atoms with Crippen LogP contribution in [0.2, 0.25) is 0 Å². The minimum Gasteiger partial charge on any atom is -1.00 e. The molecule has 3 aromatic rings. The predicted molar refractivity (Wildman–Crippen MR) is 80.0 cm³/mol. The maximum absolute atomic E-state index is 11.3. The van der Waals surface area contributed by atoms with Crippen molar-refractivity contribution in [1.29, 1.82) is 0 Å². The van der Waals surface area contributed by atoms with Crippen molar-refractivity contribution in [2.24, 2.45) is 7.05 Å². The number of methoxy groups -OCH3 is 1.